The highest BCUT2D eigenvalue weighted by Gasteiger charge is 2.30. The van der Waals surface area contributed by atoms with Gasteiger partial charge in [0.1, 0.15) is 0 Å². The zero-order chi connectivity index (χ0) is 13.1. The van der Waals surface area contributed by atoms with Crippen molar-refractivity contribution in [3.8, 4) is 0 Å². The van der Waals surface area contributed by atoms with Gasteiger partial charge in [-0.3, -0.25) is 0 Å². The normalized spacial score (nSPS) is 11.4. The van der Waals surface area contributed by atoms with Crippen LogP contribution in [-0.4, -0.2) is 6.54 Å². The van der Waals surface area contributed by atoms with Crippen LogP contribution in [0.2, 0.25) is 5.02 Å². The molecule has 0 atom stereocenters. The van der Waals surface area contributed by atoms with Crippen LogP contribution in [0.15, 0.2) is 30.4 Å². The molecule has 0 fully saturated rings. The fourth-order valence-electron chi connectivity index (χ4n) is 1.18. The second-order valence-electron chi connectivity index (χ2n) is 3.65. The van der Waals surface area contributed by atoms with Crippen molar-refractivity contribution in [2.45, 2.75) is 19.5 Å². The fraction of sp³-hybridized carbons (Fsp3) is 0.333. The van der Waals surface area contributed by atoms with Crippen LogP contribution in [0.25, 0.3) is 0 Å². The Morgan fingerprint density at radius 3 is 2.53 bits per heavy atom. The molecule has 0 aliphatic rings. The van der Waals surface area contributed by atoms with E-state index in [2.05, 4.69) is 11.9 Å². The van der Waals surface area contributed by atoms with Crippen molar-refractivity contribution in [2.24, 2.45) is 0 Å². The highest BCUT2D eigenvalue weighted by atomic mass is 35.5. The Morgan fingerprint density at radius 1 is 1.41 bits per heavy atom. The van der Waals surface area contributed by atoms with Crippen LogP contribution in [0.4, 0.5) is 18.9 Å². The first-order chi connectivity index (χ1) is 7.84. The van der Waals surface area contributed by atoms with Gasteiger partial charge >= 0.3 is 6.18 Å². The third-order valence-corrected chi connectivity index (χ3v) is 2.64. The van der Waals surface area contributed by atoms with Crippen molar-refractivity contribution < 1.29 is 13.2 Å². The largest absolute Gasteiger partial charge is 0.416 e. The van der Waals surface area contributed by atoms with Gasteiger partial charge in [-0.1, -0.05) is 30.7 Å². The lowest BCUT2D eigenvalue weighted by Crippen LogP contribution is -2.07. The Balaban J connectivity index is 2.80. The van der Waals surface area contributed by atoms with Gasteiger partial charge in [0.05, 0.1) is 16.3 Å². The molecule has 1 aromatic rings. The van der Waals surface area contributed by atoms with E-state index in [9.17, 15) is 13.2 Å². The van der Waals surface area contributed by atoms with Crippen molar-refractivity contribution in [3.05, 3.63) is 40.9 Å². The summed E-state index contributed by atoms with van der Waals surface area (Å²) in [6, 6.07) is 3.25. The molecule has 1 nitrogen and oxygen atoms in total. The Labute approximate surface area is 103 Å². The van der Waals surface area contributed by atoms with Gasteiger partial charge in [0.15, 0.2) is 0 Å². The van der Waals surface area contributed by atoms with Crippen LogP contribution in [0.1, 0.15) is 18.9 Å². The van der Waals surface area contributed by atoms with E-state index in [-0.39, 0.29) is 5.02 Å². The zero-order valence-electron chi connectivity index (χ0n) is 9.37. The van der Waals surface area contributed by atoms with Crippen molar-refractivity contribution in [1.82, 2.24) is 0 Å². The summed E-state index contributed by atoms with van der Waals surface area (Å²) in [6.07, 6.45) is -3.56. The summed E-state index contributed by atoms with van der Waals surface area (Å²) in [5, 5.41) is 3.00. The third-order valence-electron chi connectivity index (χ3n) is 2.33. The molecule has 0 aliphatic carbocycles. The summed E-state index contributed by atoms with van der Waals surface area (Å²) in [5.74, 6) is 0. The molecule has 5 heteroatoms. The summed E-state index contributed by atoms with van der Waals surface area (Å²) in [4.78, 5) is 0. The second-order valence-corrected chi connectivity index (χ2v) is 4.06. The second kappa shape index (κ2) is 5.45. The van der Waals surface area contributed by atoms with E-state index in [1.165, 1.54) is 6.07 Å². The van der Waals surface area contributed by atoms with Gasteiger partial charge in [-0.2, -0.15) is 13.2 Å². The molecule has 1 aromatic carbocycles. The fourth-order valence-corrected chi connectivity index (χ4v) is 1.43. The monoisotopic (exact) mass is 263 g/mol. The number of anilines is 1. The van der Waals surface area contributed by atoms with E-state index in [0.717, 1.165) is 24.1 Å². The molecule has 0 spiro atoms. The Kier molecular flexibility index (Phi) is 4.46. The molecule has 0 amide bonds. The standard InChI is InChI=1S/C12H13ClF3N/c1-3-8(2)7-17-11-5-4-9(6-10(11)13)12(14,15)16/h4-6,17H,2-3,7H2,1H3. The average Bonchev–Trinajstić information content (AvgIpc) is 2.25. The third kappa shape index (κ3) is 3.97. The molecular weight excluding hydrogens is 251 g/mol. The molecule has 0 heterocycles. The summed E-state index contributed by atoms with van der Waals surface area (Å²) in [7, 11) is 0. The van der Waals surface area contributed by atoms with Crippen LogP contribution in [0.3, 0.4) is 0 Å². The van der Waals surface area contributed by atoms with Gasteiger partial charge in [0, 0.05) is 6.54 Å². The van der Waals surface area contributed by atoms with E-state index in [1.54, 1.807) is 0 Å². The maximum Gasteiger partial charge on any atom is 0.416 e. The minimum atomic E-state index is -4.37. The van der Waals surface area contributed by atoms with Crippen molar-refractivity contribution in [2.75, 3.05) is 11.9 Å². The van der Waals surface area contributed by atoms with Gasteiger partial charge < -0.3 is 5.32 Å². The van der Waals surface area contributed by atoms with Crippen molar-refractivity contribution in [3.63, 3.8) is 0 Å². The summed E-state index contributed by atoms with van der Waals surface area (Å²) in [6.45, 7) is 6.25. The molecule has 0 aromatic heterocycles. The summed E-state index contributed by atoms with van der Waals surface area (Å²) < 4.78 is 37.1. The van der Waals surface area contributed by atoms with Crippen molar-refractivity contribution in [1.29, 1.82) is 0 Å². The average molecular weight is 264 g/mol. The first kappa shape index (κ1) is 13.9. The first-order valence-electron chi connectivity index (χ1n) is 5.12. The van der Waals surface area contributed by atoms with Gasteiger partial charge in [-0.05, 0) is 24.6 Å². The van der Waals surface area contributed by atoms with Crippen LogP contribution < -0.4 is 5.32 Å². The van der Waals surface area contributed by atoms with E-state index in [0.29, 0.717) is 12.2 Å². The maximum absolute atomic E-state index is 12.4. The molecule has 94 valence electrons. The molecule has 0 saturated heterocycles. The number of benzene rings is 1. The smallest absolute Gasteiger partial charge is 0.380 e. The Morgan fingerprint density at radius 2 is 2.06 bits per heavy atom. The number of rotatable bonds is 4. The number of nitrogens with one attached hydrogen (secondary N) is 1. The molecule has 0 radical (unpaired) electrons. The summed E-state index contributed by atoms with van der Waals surface area (Å²) >= 11 is 5.77. The number of alkyl halides is 3. The van der Waals surface area contributed by atoms with E-state index >= 15 is 0 Å². The first-order valence-corrected chi connectivity index (χ1v) is 5.49. The lowest BCUT2D eigenvalue weighted by atomic mass is 10.2. The highest BCUT2D eigenvalue weighted by molar-refractivity contribution is 6.33. The molecular formula is C12H13ClF3N. The molecule has 17 heavy (non-hydrogen) atoms. The Hall–Kier alpha value is -1.16. The molecule has 0 unspecified atom stereocenters. The molecule has 1 N–H and O–H groups in total. The van der Waals surface area contributed by atoms with Gasteiger partial charge in [-0.25, -0.2) is 0 Å². The lowest BCUT2D eigenvalue weighted by molar-refractivity contribution is -0.137. The Bertz CT molecular complexity index is 413. The predicted molar refractivity (Wildman–Crippen MR) is 64.4 cm³/mol. The molecule has 0 bridgehead atoms. The predicted octanol–water partition coefficient (Wildman–Crippen LogP) is 4.74. The quantitative estimate of drug-likeness (QED) is 0.774. The molecule has 0 aliphatic heterocycles. The minimum absolute atomic E-state index is 0.0590. The van der Waals surface area contributed by atoms with Gasteiger partial charge in [0.2, 0.25) is 0 Å². The van der Waals surface area contributed by atoms with Crippen LogP contribution in [-0.2, 0) is 6.18 Å². The SMILES string of the molecule is C=C(CC)CNc1ccc(C(F)(F)F)cc1Cl. The molecule has 0 saturated carbocycles. The van der Waals surface area contributed by atoms with Crippen molar-refractivity contribution >= 4 is 17.3 Å². The van der Waals surface area contributed by atoms with Crippen LogP contribution in [0, 0.1) is 0 Å². The van der Waals surface area contributed by atoms with Gasteiger partial charge in [-0.15, -0.1) is 0 Å². The maximum atomic E-state index is 12.4. The highest BCUT2D eigenvalue weighted by Crippen LogP contribution is 2.33. The summed E-state index contributed by atoms with van der Waals surface area (Å²) in [5.41, 5.74) is 0.692. The number of halogens is 4. The van der Waals surface area contributed by atoms with E-state index in [4.69, 9.17) is 11.6 Å². The van der Waals surface area contributed by atoms with Gasteiger partial charge in [0.25, 0.3) is 0 Å². The van der Waals surface area contributed by atoms with E-state index < -0.39 is 11.7 Å². The number of hydrogen-bond donors (Lipinski definition) is 1. The van der Waals surface area contributed by atoms with Crippen LogP contribution in [0.5, 0.6) is 0 Å². The zero-order valence-corrected chi connectivity index (χ0v) is 10.1. The van der Waals surface area contributed by atoms with Crippen LogP contribution >= 0.6 is 11.6 Å². The molecule has 1 rings (SSSR count). The minimum Gasteiger partial charge on any atom is -0.380 e. The topological polar surface area (TPSA) is 12.0 Å². The number of hydrogen-bond acceptors (Lipinski definition) is 1. The van der Waals surface area contributed by atoms with E-state index in [1.807, 2.05) is 6.92 Å². The lowest BCUT2D eigenvalue weighted by Gasteiger charge is -2.12.